The van der Waals surface area contributed by atoms with E-state index < -0.39 is 0 Å². The van der Waals surface area contributed by atoms with Gasteiger partial charge in [-0.1, -0.05) is 20.8 Å². The van der Waals surface area contributed by atoms with Crippen molar-refractivity contribution in [1.29, 1.82) is 0 Å². The summed E-state index contributed by atoms with van der Waals surface area (Å²) in [4.78, 5) is 2.27. The highest BCUT2D eigenvalue weighted by molar-refractivity contribution is 5.85. The topological polar surface area (TPSA) is 41.9 Å². The first kappa shape index (κ1) is 18.5. The van der Waals surface area contributed by atoms with Gasteiger partial charge < -0.3 is 14.6 Å². The first-order chi connectivity index (χ1) is 9.93. The van der Waals surface area contributed by atoms with Crippen molar-refractivity contribution in [2.45, 2.75) is 52.2 Å². The van der Waals surface area contributed by atoms with Crippen LogP contribution in [0.4, 0.5) is 0 Å². The van der Waals surface area contributed by atoms with Gasteiger partial charge in [-0.3, -0.25) is 4.90 Å². The Bertz CT molecular complexity index is 373. The second-order valence-corrected chi connectivity index (χ2v) is 8.00. The molecule has 130 valence electrons. The van der Waals surface area contributed by atoms with Gasteiger partial charge in [-0.25, -0.2) is 0 Å². The van der Waals surface area contributed by atoms with Crippen LogP contribution < -0.4 is 0 Å². The van der Waals surface area contributed by atoms with E-state index in [-0.39, 0.29) is 23.9 Å². The molecular weight excluding hydrogens is 302 g/mol. The van der Waals surface area contributed by atoms with Gasteiger partial charge in [0.05, 0.1) is 32.0 Å². The summed E-state index contributed by atoms with van der Waals surface area (Å²) in [6, 6.07) is 0. The van der Waals surface area contributed by atoms with Crippen LogP contribution in [0.25, 0.3) is 0 Å². The van der Waals surface area contributed by atoms with Crippen LogP contribution in [0.1, 0.15) is 40.0 Å². The van der Waals surface area contributed by atoms with E-state index in [2.05, 4.69) is 25.7 Å². The lowest BCUT2D eigenvalue weighted by Gasteiger charge is -2.39. The number of aliphatic hydroxyl groups excluding tert-OH is 1. The number of hydrogen-bond donors (Lipinski definition) is 1. The smallest absolute Gasteiger partial charge is 0.0900 e. The van der Waals surface area contributed by atoms with Gasteiger partial charge >= 0.3 is 0 Å². The van der Waals surface area contributed by atoms with E-state index in [4.69, 9.17) is 9.47 Å². The molecule has 0 aromatic carbocycles. The second-order valence-electron chi connectivity index (χ2n) is 8.00. The Kier molecular flexibility index (Phi) is 5.82. The number of rotatable bonds is 5. The number of hydrogen-bond acceptors (Lipinski definition) is 4. The number of morpholine rings is 1. The molecule has 3 rings (SSSR count). The van der Waals surface area contributed by atoms with Gasteiger partial charge in [-0.15, -0.1) is 12.4 Å². The number of ether oxygens (including phenoxy) is 2. The summed E-state index contributed by atoms with van der Waals surface area (Å²) in [5, 5.41) is 10.2. The summed E-state index contributed by atoms with van der Waals surface area (Å²) in [6.45, 7) is 11.8. The fraction of sp³-hybridized carbons (Fsp3) is 1.00. The molecule has 4 atom stereocenters. The molecule has 1 N–H and O–H groups in total. The second kappa shape index (κ2) is 6.94. The lowest BCUT2D eigenvalue weighted by molar-refractivity contribution is -0.0831. The third-order valence-corrected chi connectivity index (χ3v) is 6.78. The van der Waals surface area contributed by atoms with Gasteiger partial charge in [0.15, 0.2) is 0 Å². The zero-order chi connectivity index (χ0) is 15.1. The van der Waals surface area contributed by atoms with E-state index >= 15 is 0 Å². The van der Waals surface area contributed by atoms with Gasteiger partial charge in [0, 0.05) is 19.6 Å². The highest BCUT2D eigenvalue weighted by Gasteiger charge is 2.61. The Hall–Kier alpha value is 0.130. The molecule has 0 spiro atoms. The van der Waals surface area contributed by atoms with Crippen molar-refractivity contribution < 1.29 is 14.6 Å². The van der Waals surface area contributed by atoms with E-state index in [1.807, 2.05) is 0 Å². The van der Waals surface area contributed by atoms with Crippen LogP contribution in [0.15, 0.2) is 0 Å². The van der Waals surface area contributed by atoms with Crippen molar-refractivity contribution >= 4 is 12.4 Å². The number of nitrogens with zero attached hydrogens (tertiary/aromatic N) is 1. The minimum absolute atomic E-state index is 0. The predicted molar refractivity (Wildman–Crippen MR) is 89.5 cm³/mol. The maximum atomic E-state index is 10.2. The number of halogens is 1. The van der Waals surface area contributed by atoms with E-state index in [0.717, 1.165) is 32.2 Å². The Labute approximate surface area is 140 Å². The van der Waals surface area contributed by atoms with Crippen LogP contribution in [-0.4, -0.2) is 61.7 Å². The maximum absolute atomic E-state index is 10.2. The molecule has 5 heteroatoms. The van der Waals surface area contributed by atoms with Gasteiger partial charge in [0.2, 0.25) is 0 Å². The monoisotopic (exact) mass is 333 g/mol. The fourth-order valence-electron chi connectivity index (χ4n) is 4.74. The zero-order valence-corrected chi connectivity index (χ0v) is 15.0. The predicted octanol–water partition coefficient (Wildman–Crippen LogP) is 2.33. The third kappa shape index (κ3) is 3.18. The van der Waals surface area contributed by atoms with Gasteiger partial charge in [-0.05, 0) is 36.0 Å². The summed E-state index contributed by atoms with van der Waals surface area (Å²) in [5.41, 5.74) is 0.670. The van der Waals surface area contributed by atoms with Crippen LogP contribution in [0.3, 0.4) is 0 Å². The first-order valence-corrected chi connectivity index (χ1v) is 8.53. The highest BCUT2D eigenvalue weighted by atomic mass is 35.5. The minimum atomic E-state index is -0.381. The average molecular weight is 334 g/mol. The van der Waals surface area contributed by atoms with E-state index in [1.165, 1.54) is 19.3 Å². The SMILES string of the molecule is CC1(C)C2CCC1(C)[C@H](OCC(O)CN1CCOCC1)C2.Cl. The molecular formula is C17H32ClNO3. The molecule has 2 aliphatic carbocycles. The van der Waals surface area contributed by atoms with Crippen LogP contribution in [0, 0.1) is 16.7 Å². The van der Waals surface area contributed by atoms with Crippen LogP contribution in [0.2, 0.25) is 0 Å². The Morgan fingerprint density at radius 2 is 1.95 bits per heavy atom. The first-order valence-electron chi connectivity index (χ1n) is 8.53. The summed E-state index contributed by atoms with van der Waals surface area (Å²) < 4.78 is 11.5. The van der Waals surface area contributed by atoms with Crippen LogP contribution >= 0.6 is 12.4 Å². The minimum Gasteiger partial charge on any atom is -0.389 e. The van der Waals surface area contributed by atoms with E-state index in [0.29, 0.717) is 24.7 Å². The van der Waals surface area contributed by atoms with Gasteiger partial charge in [0.1, 0.15) is 0 Å². The molecule has 2 saturated carbocycles. The standard InChI is InChI=1S/C17H31NO3.ClH/c1-16(2)13-4-5-17(16,3)15(10-13)21-12-14(19)11-18-6-8-20-9-7-18;/h13-15,19H,4-12H2,1-3H3;1H/t13?,14?,15-,17?;/m1./s1. The lowest BCUT2D eigenvalue weighted by Crippen LogP contribution is -2.43. The molecule has 0 amide bonds. The van der Waals surface area contributed by atoms with E-state index in [9.17, 15) is 5.11 Å². The Morgan fingerprint density at radius 1 is 1.27 bits per heavy atom. The van der Waals surface area contributed by atoms with Crippen LogP contribution in [-0.2, 0) is 9.47 Å². The van der Waals surface area contributed by atoms with Crippen molar-refractivity contribution in [2.75, 3.05) is 39.5 Å². The molecule has 4 nitrogen and oxygen atoms in total. The Balaban J connectivity index is 0.00000176. The van der Waals surface area contributed by atoms with Crippen molar-refractivity contribution in [3.05, 3.63) is 0 Å². The number of aliphatic hydroxyl groups is 1. The summed E-state index contributed by atoms with van der Waals surface area (Å²) in [6.07, 6.45) is 3.74. The highest BCUT2D eigenvalue weighted by Crippen LogP contribution is 2.66. The quantitative estimate of drug-likeness (QED) is 0.838. The largest absolute Gasteiger partial charge is 0.389 e. The molecule has 1 heterocycles. The van der Waals surface area contributed by atoms with Crippen molar-refractivity contribution in [2.24, 2.45) is 16.7 Å². The molecule has 0 radical (unpaired) electrons. The van der Waals surface area contributed by atoms with Gasteiger partial charge in [-0.2, -0.15) is 0 Å². The maximum Gasteiger partial charge on any atom is 0.0900 e. The van der Waals surface area contributed by atoms with Gasteiger partial charge in [0.25, 0.3) is 0 Å². The molecule has 3 fully saturated rings. The molecule has 0 aromatic rings. The normalized spacial score (nSPS) is 38.7. The van der Waals surface area contributed by atoms with Crippen molar-refractivity contribution in [3.8, 4) is 0 Å². The number of β-amino-alcohol motifs (C(OH)–C–C–N with tert-alkyl or cyclic N) is 1. The molecule has 0 aromatic heterocycles. The average Bonchev–Trinajstić information content (AvgIpc) is 2.79. The molecule has 1 aliphatic heterocycles. The lowest BCUT2D eigenvalue weighted by atomic mass is 9.70. The molecule has 3 aliphatic rings. The fourth-order valence-corrected chi connectivity index (χ4v) is 4.74. The van der Waals surface area contributed by atoms with Crippen molar-refractivity contribution in [3.63, 3.8) is 0 Å². The Morgan fingerprint density at radius 3 is 2.50 bits per heavy atom. The van der Waals surface area contributed by atoms with Crippen LogP contribution in [0.5, 0.6) is 0 Å². The summed E-state index contributed by atoms with van der Waals surface area (Å²) in [5.74, 6) is 0.795. The summed E-state index contributed by atoms with van der Waals surface area (Å²) >= 11 is 0. The molecule has 22 heavy (non-hydrogen) atoms. The van der Waals surface area contributed by atoms with E-state index in [1.54, 1.807) is 0 Å². The summed E-state index contributed by atoms with van der Waals surface area (Å²) in [7, 11) is 0. The zero-order valence-electron chi connectivity index (χ0n) is 14.2. The number of fused-ring (bicyclic) bond motifs is 2. The third-order valence-electron chi connectivity index (χ3n) is 6.78. The van der Waals surface area contributed by atoms with Crippen molar-refractivity contribution in [1.82, 2.24) is 4.90 Å². The molecule has 3 unspecified atom stereocenters. The molecule has 2 bridgehead atoms. The molecule has 1 saturated heterocycles.